The number of rotatable bonds is 7. The fourth-order valence-electron chi connectivity index (χ4n) is 4.59. The van der Waals surface area contributed by atoms with E-state index >= 15 is 0 Å². The minimum atomic E-state index is -0.166. The number of hydrogen-bond donors (Lipinski definition) is 0. The van der Waals surface area contributed by atoms with Crippen molar-refractivity contribution in [2.24, 2.45) is 5.92 Å². The van der Waals surface area contributed by atoms with Crippen LogP contribution < -0.4 is 0 Å². The first-order chi connectivity index (χ1) is 13.3. The van der Waals surface area contributed by atoms with Crippen molar-refractivity contribution in [2.45, 2.75) is 58.0 Å². The van der Waals surface area contributed by atoms with Crippen molar-refractivity contribution in [1.29, 1.82) is 0 Å². The summed E-state index contributed by atoms with van der Waals surface area (Å²) in [6.07, 6.45) is 2.91. The molecule has 28 heavy (non-hydrogen) atoms. The van der Waals surface area contributed by atoms with Crippen LogP contribution in [0.4, 0.5) is 4.39 Å². The van der Waals surface area contributed by atoms with E-state index in [9.17, 15) is 9.18 Å². The van der Waals surface area contributed by atoms with Gasteiger partial charge in [0.1, 0.15) is 5.82 Å². The average molecular weight is 390 g/mol. The first-order valence-electron chi connectivity index (χ1n) is 10.7. The van der Waals surface area contributed by atoms with Gasteiger partial charge in [-0.2, -0.15) is 0 Å². The van der Waals surface area contributed by atoms with Crippen molar-refractivity contribution >= 4 is 5.91 Å². The van der Waals surface area contributed by atoms with Gasteiger partial charge in [-0.05, 0) is 76.7 Å². The zero-order valence-corrected chi connectivity index (χ0v) is 18.1. The van der Waals surface area contributed by atoms with Crippen LogP contribution in [0, 0.1) is 18.7 Å². The molecule has 156 valence electrons. The molecule has 3 rings (SSSR count). The molecule has 2 aliphatic rings. The molecule has 4 nitrogen and oxygen atoms in total. The Labute approximate surface area is 169 Å². The van der Waals surface area contributed by atoms with Crippen LogP contribution in [0.1, 0.15) is 50.2 Å². The molecule has 1 aliphatic heterocycles. The normalized spacial score (nSPS) is 24.6. The molecule has 0 N–H and O–H groups in total. The number of carbonyl (C=O) groups is 1. The van der Waals surface area contributed by atoms with E-state index < -0.39 is 0 Å². The third-order valence-corrected chi connectivity index (χ3v) is 6.46. The molecule has 0 spiro atoms. The van der Waals surface area contributed by atoms with E-state index in [2.05, 4.69) is 42.6 Å². The van der Waals surface area contributed by atoms with Crippen LogP contribution in [-0.2, 0) is 4.79 Å². The second-order valence-electron chi connectivity index (χ2n) is 9.19. The zero-order chi connectivity index (χ0) is 20.4. The number of benzene rings is 1. The highest BCUT2D eigenvalue weighted by atomic mass is 19.1. The van der Waals surface area contributed by atoms with Crippen LogP contribution >= 0.6 is 0 Å². The van der Waals surface area contributed by atoms with E-state index in [0.717, 1.165) is 31.7 Å². The molecular weight excluding hydrogens is 353 g/mol. The molecule has 2 fully saturated rings. The van der Waals surface area contributed by atoms with E-state index in [-0.39, 0.29) is 17.6 Å². The molecule has 1 aromatic carbocycles. The summed E-state index contributed by atoms with van der Waals surface area (Å²) in [7, 11) is 4.20. The van der Waals surface area contributed by atoms with E-state index in [0.29, 0.717) is 30.0 Å². The van der Waals surface area contributed by atoms with Gasteiger partial charge in [-0.25, -0.2) is 4.39 Å². The van der Waals surface area contributed by atoms with Gasteiger partial charge in [-0.1, -0.05) is 12.1 Å². The van der Waals surface area contributed by atoms with Crippen LogP contribution in [0.3, 0.4) is 0 Å². The molecule has 3 unspecified atom stereocenters. The van der Waals surface area contributed by atoms with Crippen molar-refractivity contribution in [3.05, 3.63) is 35.1 Å². The largest absolute Gasteiger partial charge is 0.340 e. The Balaban J connectivity index is 1.64. The lowest BCUT2D eigenvalue weighted by Crippen LogP contribution is -2.59. The molecule has 0 aromatic heterocycles. The van der Waals surface area contributed by atoms with Crippen molar-refractivity contribution in [2.75, 3.05) is 40.3 Å². The Morgan fingerprint density at radius 3 is 2.39 bits per heavy atom. The van der Waals surface area contributed by atoms with Crippen molar-refractivity contribution in [3.63, 3.8) is 0 Å². The Hall–Kier alpha value is -1.46. The lowest BCUT2D eigenvalue weighted by atomic mass is 9.89. The summed E-state index contributed by atoms with van der Waals surface area (Å²) in [4.78, 5) is 19.9. The molecule has 1 saturated carbocycles. The molecule has 1 aromatic rings. The predicted octanol–water partition coefficient (Wildman–Crippen LogP) is 3.50. The van der Waals surface area contributed by atoms with Crippen molar-refractivity contribution < 1.29 is 9.18 Å². The van der Waals surface area contributed by atoms with Gasteiger partial charge in [0.15, 0.2) is 0 Å². The van der Waals surface area contributed by atoms with Gasteiger partial charge in [0.2, 0.25) is 5.91 Å². The monoisotopic (exact) mass is 389 g/mol. The van der Waals surface area contributed by atoms with Crippen LogP contribution in [0.25, 0.3) is 0 Å². The minimum Gasteiger partial charge on any atom is -0.340 e. The van der Waals surface area contributed by atoms with E-state index in [1.54, 1.807) is 13.0 Å². The molecular formula is C23H36FN3O. The maximum atomic E-state index is 13.7. The van der Waals surface area contributed by atoms with Gasteiger partial charge < -0.3 is 9.80 Å². The summed E-state index contributed by atoms with van der Waals surface area (Å²) in [5.41, 5.74) is 1.80. The summed E-state index contributed by atoms with van der Waals surface area (Å²) >= 11 is 0. The fourth-order valence-corrected chi connectivity index (χ4v) is 4.59. The first-order valence-corrected chi connectivity index (χ1v) is 10.7. The summed E-state index contributed by atoms with van der Waals surface area (Å²) in [5, 5.41) is 0. The highest BCUT2D eigenvalue weighted by molar-refractivity contribution is 5.77. The van der Waals surface area contributed by atoms with Crippen LogP contribution in [0.2, 0.25) is 0 Å². The molecule has 0 radical (unpaired) electrons. The predicted molar refractivity (Wildman–Crippen MR) is 112 cm³/mol. The third-order valence-electron chi connectivity index (χ3n) is 6.46. The fraction of sp³-hybridized carbons (Fsp3) is 0.696. The minimum absolute atomic E-state index is 0.166. The lowest BCUT2D eigenvalue weighted by molar-refractivity contribution is -0.136. The molecule has 1 aliphatic carbocycles. The Morgan fingerprint density at radius 1 is 1.21 bits per heavy atom. The smallest absolute Gasteiger partial charge is 0.223 e. The van der Waals surface area contributed by atoms with Gasteiger partial charge in [0, 0.05) is 44.7 Å². The summed E-state index contributed by atoms with van der Waals surface area (Å²) in [5.74, 6) is 0.889. The van der Waals surface area contributed by atoms with Gasteiger partial charge >= 0.3 is 0 Å². The summed E-state index contributed by atoms with van der Waals surface area (Å²) in [6.45, 7) is 9.95. The standard InChI is InChI=1S/C23H36FN3O/c1-16-12-20(8-9-22(16)24)21(19-6-7-19)13-23(28)26-14-17(2)27(18(3)15-26)11-10-25(4)5/h8-9,12,17-19,21H,6-7,10-11,13-15H2,1-5H3. The van der Waals surface area contributed by atoms with E-state index in [1.807, 2.05) is 12.1 Å². The molecule has 5 heteroatoms. The summed E-state index contributed by atoms with van der Waals surface area (Å²) < 4.78 is 13.7. The second kappa shape index (κ2) is 8.91. The van der Waals surface area contributed by atoms with Gasteiger partial charge in [-0.3, -0.25) is 9.69 Å². The zero-order valence-electron chi connectivity index (χ0n) is 18.1. The van der Waals surface area contributed by atoms with Crippen LogP contribution in [0.15, 0.2) is 18.2 Å². The Bertz CT molecular complexity index is 676. The molecule has 3 atom stereocenters. The SMILES string of the molecule is Cc1cc(C(CC(=O)N2CC(C)N(CCN(C)C)C(C)C2)C2CC2)ccc1F. The van der Waals surface area contributed by atoms with Crippen molar-refractivity contribution in [3.8, 4) is 0 Å². The maximum Gasteiger partial charge on any atom is 0.223 e. The molecule has 1 heterocycles. The number of hydrogen-bond acceptors (Lipinski definition) is 3. The highest BCUT2D eigenvalue weighted by Crippen LogP contribution is 2.45. The topological polar surface area (TPSA) is 26.8 Å². The van der Waals surface area contributed by atoms with Gasteiger partial charge in [0.25, 0.3) is 0 Å². The Morgan fingerprint density at radius 2 is 1.86 bits per heavy atom. The quantitative estimate of drug-likeness (QED) is 0.714. The third kappa shape index (κ3) is 5.12. The second-order valence-corrected chi connectivity index (χ2v) is 9.19. The molecule has 1 saturated heterocycles. The van der Waals surface area contributed by atoms with Crippen LogP contribution in [0.5, 0.6) is 0 Å². The number of carbonyl (C=O) groups excluding carboxylic acids is 1. The molecule has 0 bridgehead atoms. The number of nitrogens with zero attached hydrogens (tertiary/aromatic N) is 3. The highest BCUT2D eigenvalue weighted by Gasteiger charge is 2.37. The number of halogens is 1. The van der Waals surface area contributed by atoms with Gasteiger partial charge in [-0.15, -0.1) is 0 Å². The van der Waals surface area contributed by atoms with E-state index in [4.69, 9.17) is 0 Å². The summed E-state index contributed by atoms with van der Waals surface area (Å²) in [6, 6.07) is 6.12. The number of amides is 1. The Kier molecular flexibility index (Phi) is 6.77. The number of likely N-dealkylation sites (N-methyl/N-ethyl adjacent to an activating group) is 1. The van der Waals surface area contributed by atoms with Gasteiger partial charge in [0.05, 0.1) is 0 Å². The maximum absolute atomic E-state index is 13.7. The van der Waals surface area contributed by atoms with Crippen molar-refractivity contribution in [1.82, 2.24) is 14.7 Å². The lowest BCUT2D eigenvalue weighted by Gasteiger charge is -2.45. The first kappa shape index (κ1) is 21.3. The van der Waals surface area contributed by atoms with E-state index in [1.165, 1.54) is 12.8 Å². The number of piperazine rings is 1. The molecule has 1 amide bonds. The average Bonchev–Trinajstić information content (AvgIpc) is 3.45. The number of aryl methyl sites for hydroxylation is 1. The van der Waals surface area contributed by atoms with Crippen LogP contribution in [-0.4, -0.2) is 73.0 Å².